The molecule has 0 aromatic rings. The van der Waals surface area contributed by atoms with Gasteiger partial charge in [-0.3, -0.25) is 0 Å². The first-order valence-electron chi connectivity index (χ1n) is 3.70. The number of unbranched alkanes of at least 4 members (excludes halogenated alkanes) is 1. The Labute approximate surface area is 67.6 Å². The fourth-order valence-corrected chi connectivity index (χ4v) is 0.445. The van der Waals surface area contributed by atoms with Gasteiger partial charge in [0.1, 0.15) is 0 Å². The van der Waals surface area contributed by atoms with Crippen LogP contribution in [0.4, 0.5) is 0 Å². The first kappa shape index (κ1) is 9.95. The Morgan fingerprint density at radius 2 is 2.27 bits per heavy atom. The van der Waals surface area contributed by atoms with Crippen molar-refractivity contribution < 1.29 is 9.53 Å². The fourth-order valence-electron chi connectivity index (χ4n) is 0.445. The minimum absolute atomic E-state index is 0.364. The van der Waals surface area contributed by atoms with E-state index in [1.54, 1.807) is 6.92 Å². The third kappa shape index (κ3) is 5.40. The normalized spacial score (nSPS) is 10.0. The summed E-state index contributed by atoms with van der Waals surface area (Å²) in [5, 5.41) is 0. The molecule has 0 bridgehead atoms. The van der Waals surface area contributed by atoms with Crippen LogP contribution < -0.4 is 0 Å². The molecule has 0 radical (unpaired) electrons. The van der Waals surface area contributed by atoms with Crippen molar-refractivity contribution in [2.45, 2.75) is 26.7 Å². The molecule has 0 amide bonds. The van der Waals surface area contributed by atoms with Crippen LogP contribution in [0.3, 0.4) is 0 Å². The molecular formula is C9H14O2. The smallest absolute Gasteiger partial charge is 0.337 e. The van der Waals surface area contributed by atoms with Crippen LogP contribution in [0, 0.1) is 0 Å². The van der Waals surface area contributed by atoms with Gasteiger partial charge in [-0.05, 0) is 19.4 Å². The average Bonchev–Trinajstić information content (AvgIpc) is 1.97. The van der Waals surface area contributed by atoms with Gasteiger partial charge in [0.15, 0.2) is 0 Å². The molecule has 0 fully saturated rings. The minimum atomic E-state index is -0.364. The Kier molecular flexibility index (Phi) is 5.17. The highest BCUT2D eigenvalue weighted by atomic mass is 16.5. The largest absolute Gasteiger partial charge is 0.431 e. The Hall–Kier alpha value is -1.05. The summed E-state index contributed by atoms with van der Waals surface area (Å²) >= 11 is 0. The van der Waals surface area contributed by atoms with Gasteiger partial charge in [-0.1, -0.05) is 19.9 Å². The molecule has 0 saturated carbocycles. The molecule has 2 heteroatoms. The van der Waals surface area contributed by atoms with Crippen LogP contribution in [-0.2, 0) is 9.53 Å². The molecule has 0 aliphatic carbocycles. The van der Waals surface area contributed by atoms with E-state index in [2.05, 4.69) is 18.2 Å². The Bertz CT molecular complexity index is 168. The van der Waals surface area contributed by atoms with Crippen molar-refractivity contribution in [3.8, 4) is 0 Å². The molecule has 62 valence electrons. The van der Waals surface area contributed by atoms with Gasteiger partial charge in [-0.15, -0.1) is 0 Å². The standard InChI is InChI=1S/C9H14O2/c1-4-5-6-7-11-9(10)8(2)3/h6-7H,2,4-5H2,1,3H3/b7-6+. The molecule has 2 nitrogen and oxygen atoms in total. The zero-order chi connectivity index (χ0) is 8.69. The molecule has 0 N–H and O–H groups in total. The Balaban J connectivity index is 3.53. The zero-order valence-corrected chi connectivity index (χ0v) is 7.09. The topological polar surface area (TPSA) is 26.3 Å². The number of esters is 1. The third-order valence-electron chi connectivity index (χ3n) is 1.08. The molecule has 0 aromatic heterocycles. The summed E-state index contributed by atoms with van der Waals surface area (Å²) in [6.45, 7) is 7.13. The quantitative estimate of drug-likeness (QED) is 0.353. The number of carbonyl (C=O) groups excluding carboxylic acids is 1. The molecule has 0 atom stereocenters. The van der Waals surface area contributed by atoms with Crippen molar-refractivity contribution in [1.82, 2.24) is 0 Å². The summed E-state index contributed by atoms with van der Waals surface area (Å²) in [7, 11) is 0. The van der Waals surface area contributed by atoms with Crippen molar-refractivity contribution in [2.24, 2.45) is 0 Å². The van der Waals surface area contributed by atoms with Crippen molar-refractivity contribution in [3.05, 3.63) is 24.5 Å². The highest BCUT2D eigenvalue weighted by molar-refractivity contribution is 5.87. The highest BCUT2D eigenvalue weighted by Crippen LogP contribution is 1.94. The van der Waals surface area contributed by atoms with Crippen LogP contribution >= 0.6 is 0 Å². The second-order valence-electron chi connectivity index (χ2n) is 2.35. The van der Waals surface area contributed by atoms with Crippen LogP contribution in [-0.4, -0.2) is 5.97 Å². The van der Waals surface area contributed by atoms with E-state index >= 15 is 0 Å². The monoisotopic (exact) mass is 154 g/mol. The summed E-state index contributed by atoms with van der Waals surface area (Å²) in [6, 6.07) is 0. The van der Waals surface area contributed by atoms with Crippen LogP contribution in [0.25, 0.3) is 0 Å². The summed E-state index contributed by atoms with van der Waals surface area (Å²) in [6.07, 6.45) is 5.23. The van der Waals surface area contributed by atoms with Crippen molar-refractivity contribution in [2.75, 3.05) is 0 Å². The SMILES string of the molecule is C=C(C)C(=O)O/C=C/CCC. The van der Waals surface area contributed by atoms with E-state index in [1.165, 1.54) is 6.26 Å². The Morgan fingerprint density at radius 3 is 2.73 bits per heavy atom. The first-order valence-corrected chi connectivity index (χ1v) is 3.70. The number of allylic oxidation sites excluding steroid dienone is 1. The van der Waals surface area contributed by atoms with Gasteiger partial charge in [0.2, 0.25) is 0 Å². The Morgan fingerprint density at radius 1 is 1.64 bits per heavy atom. The number of hydrogen-bond acceptors (Lipinski definition) is 2. The van der Waals surface area contributed by atoms with Gasteiger partial charge >= 0.3 is 5.97 Å². The van der Waals surface area contributed by atoms with E-state index < -0.39 is 0 Å². The van der Waals surface area contributed by atoms with E-state index in [-0.39, 0.29) is 5.97 Å². The van der Waals surface area contributed by atoms with E-state index in [0.717, 1.165) is 12.8 Å². The lowest BCUT2D eigenvalue weighted by atomic mass is 10.3. The van der Waals surface area contributed by atoms with Crippen LogP contribution in [0.2, 0.25) is 0 Å². The highest BCUT2D eigenvalue weighted by Gasteiger charge is 1.98. The predicted octanol–water partition coefficient (Wildman–Crippen LogP) is 2.42. The maximum absolute atomic E-state index is 10.7. The van der Waals surface area contributed by atoms with E-state index in [1.807, 2.05) is 6.08 Å². The lowest BCUT2D eigenvalue weighted by Gasteiger charge is -1.95. The molecule has 11 heavy (non-hydrogen) atoms. The molecule has 0 aliphatic heterocycles. The lowest BCUT2D eigenvalue weighted by Crippen LogP contribution is -1.98. The molecule has 0 rings (SSSR count). The van der Waals surface area contributed by atoms with Gasteiger partial charge < -0.3 is 4.74 Å². The molecule has 0 aliphatic rings. The number of ether oxygens (including phenoxy) is 1. The molecular weight excluding hydrogens is 140 g/mol. The van der Waals surface area contributed by atoms with Gasteiger partial charge in [0.05, 0.1) is 6.26 Å². The second-order valence-corrected chi connectivity index (χ2v) is 2.35. The summed E-state index contributed by atoms with van der Waals surface area (Å²) < 4.78 is 4.69. The maximum atomic E-state index is 10.7. The summed E-state index contributed by atoms with van der Waals surface area (Å²) in [4.78, 5) is 10.7. The van der Waals surface area contributed by atoms with E-state index in [4.69, 9.17) is 0 Å². The summed E-state index contributed by atoms with van der Waals surface area (Å²) in [5.74, 6) is -0.364. The second kappa shape index (κ2) is 5.71. The number of hydrogen-bond donors (Lipinski definition) is 0. The number of carbonyl (C=O) groups is 1. The fraction of sp³-hybridized carbons (Fsp3) is 0.444. The summed E-state index contributed by atoms with van der Waals surface area (Å²) in [5.41, 5.74) is 0.422. The lowest BCUT2D eigenvalue weighted by molar-refractivity contribution is -0.133. The molecule has 0 unspecified atom stereocenters. The van der Waals surface area contributed by atoms with Crippen molar-refractivity contribution in [3.63, 3.8) is 0 Å². The van der Waals surface area contributed by atoms with Crippen LogP contribution in [0.5, 0.6) is 0 Å². The predicted molar refractivity (Wildman–Crippen MR) is 45.0 cm³/mol. The zero-order valence-electron chi connectivity index (χ0n) is 7.09. The van der Waals surface area contributed by atoms with Gasteiger partial charge in [0.25, 0.3) is 0 Å². The van der Waals surface area contributed by atoms with Crippen molar-refractivity contribution >= 4 is 5.97 Å². The van der Waals surface area contributed by atoms with Gasteiger partial charge in [0, 0.05) is 5.57 Å². The van der Waals surface area contributed by atoms with Gasteiger partial charge in [-0.2, -0.15) is 0 Å². The molecule has 0 aromatic carbocycles. The van der Waals surface area contributed by atoms with Crippen LogP contribution in [0.15, 0.2) is 24.5 Å². The molecule has 0 heterocycles. The maximum Gasteiger partial charge on any atom is 0.337 e. The van der Waals surface area contributed by atoms with Crippen molar-refractivity contribution in [1.29, 1.82) is 0 Å². The minimum Gasteiger partial charge on any atom is -0.431 e. The first-order chi connectivity index (χ1) is 5.18. The average molecular weight is 154 g/mol. The van der Waals surface area contributed by atoms with Crippen LogP contribution in [0.1, 0.15) is 26.7 Å². The van der Waals surface area contributed by atoms with E-state index in [0.29, 0.717) is 5.57 Å². The molecule has 0 saturated heterocycles. The number of rotatable bonds is 4. The molecule has 0 spiro atoms. The van der Waals surface area contributed by atoms with Gasteiger partial charge in [-0.25, -0.2) is 4.79 Å². The van der Waals surface area contributed by atoms with E-state index in [9.17, 15) is 4.79 Å². The third-order valence-corrected chi connectivity index (χ3v) is 1.08.